The molecule has 2 aliphatic heterocycles. The van der Waals surface area contributed by atoms with Crippen molar-refractivity contribution in [3.05, 3.63) is 70.9 Å². The van der Waals surface area contributed by atoms with Gasteiger partial charge >= 0.3 is 6.03 Å². The Morgan fingerprint density at radius 1 is 0.946 bits per heavy atom. The topological polar surface area (TPSA) is 73.8 Å². The molecule has 2 aromatic carbocycles. The van der Waals surface area contributed by atoms with Gasteiger partial charge in [0, 0.05) is 44.8 Å². The number of rotatable bonds is 5. The number of ether oxygens (including phenoxy) is 1. The van der Waals surface area contributed by atoms with Crippen molar-refractivity contribution in [1.82, 2.24) is 19.8 Å². The number of likely N-dealkylation sites (N-methyl/N-ethyl adjacent to an activating group) is 1. The summed E-state index contributed by atoms with van der Waals surface area (Å²) in [5.74, 6) is 2.41. The van der Waals surface area contributed by atoms with E-state index in [4.69, 9.17) is 14.7 Å². The molecule has 0 bridgehead atoms. The summed E-state index contributed by atoms with van der Waals surface area (Å²) in [7, 11) is 2.13. The number of amides is 2. The maximum atomic E-state index is 13.2. The number of hydrogen-bond acceptors (Lipinski definition) is 6. The quantitative estimate of drug-likeness (QED) is 0.529. The Labute approximate surface area is 219 Å². The highest BCUT2D eigenvalue weighted by molar-refractivity contribution is 5.89. The zero-order valence-corrected chi connectivity index (χ0v) is 22.2. The molecule has 3 aromatic rings. The van der Waals surface area contributed by atoms with Crippen LogP contribution in [0.15, 0.2) is 48.5 Å². The minimum Gasteiger partial charge on any atom is -0.438 e. The molecule has 0 spiro atoms. The van der Waals surface area contributed by atoms with Gasteiger partial charge in [0.25, 0.3) is 0 Å². The van der Waals surface area contributed by atoms with Gasteiger partial charge in [0.2, 0.25) is 11.8 Å². The largest absolute Gasteiger partial charge is 0.438 e. The third kappa shape index (κ3) is 5.85. The molecule has 8 heteroatoms. The molecule has 0 saturated carbocycles. The first-order valence-corrected chi connectivity index (χ1v) is 13.1. The fourth-order valence-corrected chi connectivity index (χ4v) is 4.65. The third-order valence-corrected chi connectivity index (χ3v) is 7.15. The number of fused-ring (bicyclic) bond motifs is 1. The van der Waals surface area contributed by atoms with E-state index >= 15 is 0 Å². The first-order chi connectivity index (χ1) is 17.9. The molecule has 3 heterocycles. The van der Waals surface area contributed by atoms with Gasteiger partial charge in [-0.25, -0.2) is 9.78 Å². The van der Waals surface area contributed by atoms with Crippen LogP contribution in [-0.4, -0.2) is 65.6 Å². The monoisotopic (exact) mass is 500 g/mol. The lowest BCUT2D eigenvalue weighted by Gasteiger charge is -2.34. The zero-order valence-electron chi connectivity index (χ0n) is 22.2. The smallest absolute Gasteiger partial charge is 0.322 e. The molecule has 1 saturated heterocycles. The zero-order chi connectivity index (χ0) is 25.9. The minimum absolute atomic E-state index is 0.132. The molecule has 1 aromatic heterocycles. The van der Waals surface area contributed by atoms with E-state index in [0.717, 1.165) is 48.9 Å². The average molecular weight is 501 g/mol. The van der Waals surface area contributed by atoms with Gasteiger partial charge in [-0.05, 0) is 49.7 Å². The summed E-state index contributed by atoms with van der Waals surface area (Å²) < 4.78 is 6.32. The number of nitrogens with zero attached hydrogens (tertiary/aromatic N) is 5. The standard InChI is InChI=1S/C29H36N6O2/c1-20(2)22-7-9-23(10-8-22)30-29(36)35-14-13-26-25(19-35)27(37-24-11-5-21(3)6-12-24)32-28(31-26)34-17-15-33(4)16-18-34/h5-12,20H,13-19H2,1-4H3,(H,30,36). The van der Waals surface area contributed by atoms with E-state index in [1.807, 2.05) is 36.4 Å². The summed E-state index contributed by atoms with van der Waals surface area (Å²) in [5, 5.41) is 3.04. The number of piperazine rings is 1. The van der Waals surface area contributed by atoms with Gasteiger partial charge in [-0.15, -0.1) is 0 Å². The molecule has 0 radical (unpaired) electrons. The summed E-state index contributed by atoms with van der Waals surface area (Å²) in [6.07, 6.45) is 0.655. The van der Waals surface area contributed by atoms with Crippen LogP contribution in [0.4, 0.5) is 16.4 Å². The predicted octanol–water partition coefficient (Wildman–Crippen LogP) is 5.04. The second-order valence-corrected chi connectivity index (χ2v) is 10.3. The molecule has 1 N–H and O–H groups in total. The lowest BCUT2D eigenvalue weighted by molar-refractivity contribution is 0.205. The Morgan fingerprint density at radius 3 is 2.32 bits per heavy atom. The van der Waals surface area contributed by atoms with E-state index in [1.165, 1.54) is 11.1 Å². The van der Waals surface area contributed by atoms with Crippen LogP contribution in [0.25, 0.3) is 0 Å². The Bertz CT molecular complexity index is 1230. The van der Waals surface area contributed by atoms with Crippen molar-refractivity contribution in [2.45, 2.75) is 39.7 Å². The fourth-order valence-electron chi connectivity index (χ4n) is 4.65. The maximum Gasteiger partial charge on any atom is 0.322 e. The number of urea groups is 1. The van der Waals surface area contributed by atoms with E-state index in [-0.39, 0.29) is 6.03 Å². The van der Waals surface area contributed by atoms with E-state index in [1.54, 1.807) is 4.90 Å². The summed E-state index contributed by atoms with van der Waals surface area (Å²) >= 11 is 0. The van der Waals surface area contributed by atoms with Crippen LogP contribution < -0.4 is 15.0 Å². The van der Waals surface area contributed by atoms with Gasteiger partial charge in [0.05, 0.1) is 17.8 Å². The maximum absolute atomic E-state index is 13.2. The van der Waals surface area contributed by atoms with E-state index < -0.39 is 0 Å². The third-order valence-electron chi connectivity index (χ3n) is 7.15. The van der Waals surface area contributed by atoms with Crippen LogP contribution in [0, 0.1) is 6.92 Å². The lowest BCUT2D eigenvalue weighted by Crippen LogP contribution is -2.45. The van der Waals surface area contributed by atoms with Crippen LogP contribution in [0.2, 0.25) is 0 Å². The van der Waals surface area contributed by atoms with Gasteiger partial charge < -0.3 is 24.8 Å². The summed E-state index contributed by atoms with van der Waals surface area (Å²) in [5.41, 5.74) is 5.03. The van der Waals surface area contributed by atoms with Crippen LogP contribution in [0.3, 0.4) is 0 Å². The Morgan fingerprint density at radius 2 is 1.65 bits per heavy atom. The second kappa shape index (κ2) is 10.8. The van der Waals surface area contributed by atoms with E-state index in [2.05, 4.69) is 55.1 Å². The number of benzene rings is 2. The van der Waals surface area contributed by atoms with Gasteiger partial charge in [0.1, 0.15) is 5.75 Å². The number of anilines is 2. The highest BCUT2D eigenvalue weighted by atomic mass is 16.5. The first-order valence-electron chi connectivity index (χ1n) is 13.1. The Kier molecular flexibility index (Phi) is 7.28. The molecule has 2 amide bonds. The van der Waals surface area contributed by atoms with E-state index in [0.29, 0.717) is 37.3 Å². The van der Waals surface area contributed by atoms with Crippen LogP contribution in [0.1, 0.15) is 42.1 Å². The molecule has 1 fully saturated rings. The van der Waals surface area contributed by atoms with Crippen molar-refractivity contribution in [2.24, 2.45) is 0 Å². The highest BCUT2D eigenvalue weighted by Crippen LogP contribution is 2.32. The highest BCUT2D eigenvalue weighted by Gasteiger charge is 2.28. The molecule has 5 rings (SSSR count). The number of aromatic nitrogens is 2. The van der Waals surface area contributed by atoms with Crippen molar-refractivity contribution >= 4 is 17.7 Å². The number of carbonyl (C=O) groups excluding carboxylic acids is 1. The molecule has 2 aliphatic rings. The molecule has 37 heavy (non-hydrogen) atoms. The van der Waals surface area contributed by atoms with Crippen molar-refractivity contribution < 1.29 is 9.53 Å². The van der Waals surface area contributed by atoms with Crippen molar-refractivity contribution in [1.29, 1.82) is 0 Å². The number of carbonyl (C=O) groups is 1. The Balaban J connectivity index is 1.38. The van der Waals surface area contributed by atoms with E-state index in [9.17, 15) is 4.79 Å². The second-order valence-electron chi connectivity index (χ2n) is 10.3. The van der Waals surface area contributed by atoms with Gasteiger partial charge in [-0.1, -0.05) is 43.7 Å². The van der Waals surface area contributed by atoms with Crippen molar-refractivity contribution in [3.8, 4) is 11.6 Å². The predicted molar refractivity (Wildman–Crippen MR) is 147 cm³/mol. The molecule has 8 nitrogen and oxygen atoms in total. The Hall–Kier alpha value is -3.65. The van der Waals surface area contributed by atoms with Crippen LogP contribution >= 0.6 is 0 Å². The molecular weight excluding hydrogens is 464 g/mol. The number of aryl methyl sites for hydroxylation is 1. The van der Waals surface area contributed by atoms with Crippen molar-refractivity contribution in [2.75, 3.05) is 50.0 Å². The molecule has 194 valence electrons. The normalized spacial score (nSPS) is 16.0. The van der Waals surface area contributed by atoms with Gasteiger partial charge in [0.15, 0.2) is 0 Å². The molecule has 0 unspecified atom stereocenters. The van der Waals surface area contributed by atoms with Gasteiger partial charge in [-0.3, -0.25) is 0 Å². The average Bonchev–Trinajstić information content (AvgIpc) is 2.90. The first kappa shape index (κ1) is 25.0. The lowest BCUT2D eigenvalue weighted by atomic mass is 10.0. The van der Waals surface area contributed by atoms with Crippen LogP contribution in [0.5, 0.6) is 11.6 Å². The van der Waals surface area contributed by atoms with Gasteiger partial charge in [-0.2, -0.15) is 4.98 Å². The SMILES string of the molecule is Cc1ccc(Oc2nc(N3CCN(C)CC3)nc3c2CN(C(=O)Nc2ccc(C(C)C)cc2)CC3)cc1. The summed E-state index contributed by atoms with van der Waals surface area (Å²) in [6.45, 7) is 11.1. The molecule has 0 aliphatic carbocycles. The summed E-state index contributed by atoms with van der Waals surface area (Å²) in [4.78, 5) is 29.3. The molecule has 0 atom stereocenters. The molecular formula is C29H36N6O2. The fraction of sp³-hybridized carbons (Fsp3) is 0.414. The number of nitrogens with one attached hydrogen (secondary N) is 1. The summed E-state index contributed by atoms with van der Waals surface area (Å²) in [6, 6.07) is 15.9. The van der Waals surface area contributed by atoms with Crippen molar-refractivity contribution in [3.63, 3.8) is 0 Å². The van der Waals surface area contributed by atoms with Crippen LogP contribution in [-0.2, 0) is 13.0 Å². The number of hydrogen-bond donors (Lipinski definition) is 1. The minimum atomic E-state index is -0.132.